The van der Waals surface area contributed by atoms with Gasteiger partial charge in [-0.05, 0) is 29.7 Å². The molecule has 0 unspecified atom stereocenters. The number of rotatable bonds is 3. The van der Waals surface area contributed by atoms with Gasteiger partial charge in [0.05, 0.1) is 6.42 Å². The number of para-hydroxylation sites is 1. The number of H-pyrrole nitrogens is 1. The lowest BCUT2D eigenvalue weighted by Crippen LogP contribution is -2.12. The molecule has 7 nitrogen and oxygen atoms in total. The fourth-order valence-corrected chi connectivity index (χ4v) is 2.95. The highest BCUT2D eigenvalue weighted by Crippen LogP contribution is 2.19. The number of nitrogens with one attached hydrogen (secondary N) is 1. The van der Waals surface area contributed by atoms with E-state index < -0.39 is 0 Å². The number of aromatic amines is 1. The third-order valence-corrected chi connectivity index (χ3v) is 4.22. The second-order valence-electron chi connectivity index (χ2n) is 5.98. The average molecular weight is 343 g/mol. The van der Waals surface area contributed by atoms with Gasteiger partial charge in [-0.3, -0.25) is 4.79 Å². The van der Waals surface area contributed by atoms with Gasteiger partial charge in [-0.1, -0.05) is 24.3 Å². The second-order valence-corrected chi connectivity index (χ2v) is 5.98. The highest BCUT2D eigenvalue weighted by molar-refractivity contribution is 5.78. The molecule has 0 atom stereocenters. The maximum atomic E-state index is 12.3. The quantitative estimate of drug-likeness (QED) is 0.544. The maximum absolute atomic E-state index is 12.3. The van der Waals surface area contributed by atoms with E-state index in [1.54, 1.807) is 0 Å². The van der Waals surface area contributed by atoms with Crippen LogP contribution in [-0.4, -0.2) is 24.6 Å². The lowest BCUT2D eigenvalue weighted by atomic mass is 10.1. The first-order valence-electron chi connectivity index (χ1n) is 8.14. The van der Waals surface area contributed by atoms with Gasteiger partial charge in [0.2, 0.25) is 5.89 Å². The minimum absolute atomic E-state index is 0.156. The zero-order valence-electron chi connectivity index (χ0n) is 13.6. The molecular formula is C19H13N5O2. The molecule has 0 aliphatic rings. The third-order valence-electron chi connectivity index (χ3n) is 4.22. The van der Waals surface area contributed by atoms with E-state index in [-0.39, 0.29) is 12.0 Å². The normalized spacial score (nSPS) is 11.4. The Morgan fingerprint density at radius 2 is 1.96 bits per heavy atom. The number of fused-ring (bicyclic) bond motifs is 2. The highest BCUT2D eigenvalue weighted by Gasteiger charge is 2.14. The molecule has 0 radical (unpaired) electrons. The first kappa shape index (κ1) is 14.6. The second kappa shape index (κ2) is 5.66. The molecule has 5 aromatic rings. The Kier molecular flexibility index (Phi) is 3.18. The van der Waals surface area contributed by atoms with E-state index in [1.807, 2.05) is 65.3 Å². The van der Waals surface area contributed by atoms with Crippen molar-refractivity contribution < 1.29 is 4.42 Å². The Bertz CT molecular complexity index is 1270. The zero-order chi connectivity index (χ0) is 17.5. The monoisotopic (exact) mass is 343 g/mol. The summed E-state index contributed by atoms with van der Waals surface area (Å²) < 4.78 is 7.60. The van der Waals surface area contributed by atoms with E-state index in [0.717, 1.165) is 16.6 Å². The van der Waals surface area contributed by atoms with Crippen LogP contribution < -0.4 is 5.56 Å². The maximum Gasteiger partial charge on any atom is 0.267 e. The number of aromatic nitrogens is 5. The molecule has 0 saturated heterocycles. The van der Waals surface area contributed by atoms with Crippen LogP contribution in [0, 0.1) is 0 Å². The smallest absolute Gasteiger partial charge is 0.267 e. The molecule has 26 heavy (non-hydrogen) atoms. The molecule has 1 aromatic carbocycles. The molecule has 0 saturated carbocycles. The largest absolute Gasteiger partial charge is 0.419 e. The Morgan fingerprint density at radius 3 is 2.88 bits per heavy atom. The Morgan fingerprint density at radius 1 is 1.08 bits per heavy atom. The van der Waals surface area contributed by atoms with E-state index in [0.29, 0.717) is 23.0 Å². The van der Waals surface area contributed by atoms with E-state index in [4.69, 9.17) is 4.42 Å². The van der Waals surface area contributed by atoms with E-state index in [9.17, 15) is 4.79 Å². The molecule has 0 spiro atoms. The van der Waals surface area contributed by atoms with Gasteiger partial charge in [0.25, 0.3) is 11.4 Å². The van der Waals surface area contributed by atoms with Crippen LogP contribution in [-0.2, 0) is 6.42 Å². The molecule has 0 aliphatic heterocycles. The van der Waals surface area contributed by atoms with Crippen molar-refractivity contribution in [2.24, 2.45) is 0 Å². The first-order chi connectivity index (χ1) is 12.8. The summed E-state index contributed by atoms with van der Waals surface area (Å²) in [4.78, 5) is 19.6. The van der Waals surface area contributed by atoms with Crippen LogP contribution in [0.15, 0.2) is 70.1 Å². The predicted molar refractivity (Wildman–Crippen MR) is 95.9 cm³/mol. The molecular weight excluding hydrogens is 330 g/mol. The van der Waals surface area contributed by atoms with Gasteiger partial charge in [0, 0.05) is 23.5 Å². The van der Waals surface area contributed by atoms with Crippen LogP contribution in [0.5, 0.6) is 0 Å². The van der Waals surface area contributed by atoms with Gasteiger partial charge in [0.15, 0.2) is 0 Å². The van der Waals surface area contributed by atoms with Crippen LogP contribution >= 0.6 is 0 Å². The zero-order valence-corrected chi connectivity index (χ0v) is 13.6. The fraction of sp³-hybridized carbons (Fsp3) is 0.0526. The van der Waals surface area contributed by atoms with Crippen LogP contribution in [0.25, 0.3) is 28.1 Å². The van der Waals surface area contributed by atoms with Crippen LogP contribution in [0.2, 0.25) is 0 Å². The van der Waals surface area contributed by atoms with Crippen molar-refractivity contribution >= 4 is 16.6 Å². The molecule has 4 aromatic heterocycles. The van der Waals surface area contributed by atoms with Gasteiger partial charge in [-0.2, -0.15) is 0 Å². The van der Waals surface area contributed by atoms with Crippen molar-refractivity contribution in [1.82, 2.24) is 24.6 Å². The van der Waals surface area contributed by atoms with Crippen LogP contribution in [0.1, 0.15) is 11.5 Å². The minimum Gasteiger partial charge on any atom is -0.419 e. The minimum atomic E-state index is -0.156. The average Bonchev–Trinajstić information content (AvgIpc) is 3.28. The van der Waals surface area contributed by atoms with Crippen molar-refractivity contribution in [2.75, 3.05) is 0 Å². The molecule has 1 N–H and O–H groups in total. The lowest BCUT2D eigenvalue weighted by Gasteiger charge is -2.00. The Balaban J connectivity index is 1.49. The van der Waals surface area contributed by atoms with Crippen LogP contribution in [0.3, 0.4) is 0 Å². The summed E-state index contributed by atoms with van der Waals surface area (Å²) in [7, 11) is 0. The van der Waals surface area contributed by atoms with E-state index in [2.05, 4.69) is 20.2 Å². The molecule has 0 bridgehead atoms. The number of benzene rings is 1. The number of nitrogens with zero attached hydrogens (tertiary/aromatic N) is 4. The summed E-state index contributed by atoms with van der Waals surface area (Å²) in [5.41, 5.74) is 2.62. The van der Waals surface area contributed by atoms with E-state index in [1.165, 1.54) is 0 Å². The number of hydrogen-bond acceptors (Lipinski definition) is 5. The van der Waals surface area contributed by atoms with E-state index >= 15 is 0 Å². The fourth-order valence-electron chi connectivity index (χ4n) is 2.95. The summed E-state index contributed by atoms with van der Waals surface area (Å²) in [6, 6.07) is 15.2. The Labute approximate surface area is 147 Å². The summed E-state index contributed by atoms with van der Waals surface area (Å²) in [6.07, 6.45) is 3.99. The van der Waals surface area contributed by atoms with Crippen molar-refractivity contribution in [3.8, 4) is 11.6 Å². The predicted octanol–water partition coefficient (Wildman–Crippen LogP) is 2.82. The number of pyridine rings is 2. The molecule has 0 fully saturated rings. The molecule has 5 rings (SSSR count). The van der Waals surface area contributed by atoms with Gasteiger partial charge < -0.3 is 13.8 Å². The van der Waals surface area contributed by atoms with Gasteiger partial charge >= 0.3 is 0 Å². The van der Waals surface area contributed by atoms with Gasteiger partial charge in [-0.15, -0.1) is 10.2 Å². The summed E-state index contributed by atoms with van der Waals surface area (Å²) in [6.45, 7) is 0. The first-order valence-corrected chi connectivity index (χ1v) is 8.14. The lowest BCUT2D eigenvalue weighted by molar-refractivity contribution is 0.516. The molecule has 4 heterocycles. The Hall–Kier alpha value is -3.74. The molecule has 0 amide bonds. The number of hydrogen-bond donors (Lipinski definition) is 1. The van der Waals surface area contributed by atoms with Crippen molar-refractivity contribution in [2.45, 2.75) is 6.42 Å². The molecule has 0 aliphatic carbocycles. The molecule has 126 valence electrons. The van der Waals surface area contributed by atoms with Crippen molar-refractivity contribution in [3.63, 3.8) is 0 Å². The summed E-state index contributed by atoms with van der Waals surface area (Å²) in [5, 5.41) is 9.09. The number of imidazole rings is 1. The van der Waals surface area contributed by atoms with Crippen molar-refractivity contribution in [3.05, 3.63) is 82.7 Å². The summed E-state index contributed by atoms with van der Waals surface area (Å²) >= 11 is 0. The highest BCUT2D eigenvalue weighted by atomic mass is 16.4. The third kappa shape index (κ3) is 2.46. The molecule has 7 heteroatoms. The summed E-state index contributed by atoms with van der Waals surface area (Å²) in [5.74, 6) is 0.707. The van der Waals surface area contributed by atoms with Gasteiger partial charge in [-0.25, -0.2) is 4.98 Å². The van der Waals surface area contributed by atoms with Gasteiger partial charge in [0.1, 0.15) is 11.3 Å². The topological polar surface area (TPSA) is 89.1 Å². The van der Waals surface area contributed by atoms with Crippen molar-refractivity contribution in [1.29, 1.82) is 0 Å². The standard InChI is InChI=1S/C19H13N5O2/c25-18-13(9-12-5-1-2-6-14(12)21-18)10-17-22-23-19(26-17)15-11-24-8-4-3-7-16(24)20-15/h1-9,11H,10H2,(H,21,25). The SMILES string of the molecule is O=c1[nH]c2ccccc2cc1Cc1nnc(-c2cn3ccccc3n2)o1. The van der Waals surface area contributed by atoms with Crippen LogP contribution in [0.4, 0.5) is 0 Å².